The van der Waals surface area contributed by atoms with Gasteiger partial charge in [0.1, 0.15) is 0 Å². The quantitative estimate of drug-likeness (QED) is 0.587. The highest BCUT2D eigenvalue weighted by molar-refractivity contribution is 5.76. The Morgan fingerprint density at radius 2 is 2.11 bits per heavy atom. The van der Waals surface area contributed by atoms with E-state index in [1.807, 2.05) is 35.5 Å². The first-order valence-corrected chi connectivity index (χ1v) is 9.13. The maximum Gasteiger partial charge on any atom is 0.290 e. The van der Waals surface area contributed by atoms with Gasteiger partial charge in [0.2, 0.25) is 5.91 Å². The Bertz CT molecular complexity index is 876. The SMILES string of the molecule is O=C(CCCc1cn[nH]c1)N1Cc2[nH]cnc2C(c2ccccc2)C1.O=CO. The van der Waals surface area contributed by atoms with Gasteiger partial charge in [-0.1, -0.05) is 30.3 Å². The van der Waals surface area contributed by atoms with Crippen molar-refractivity contribution in [1.82, 2.24) is 25.1 Å². The van der Waals surface area contributed by atoms with E-state index in [0.29, 0.717) is 19.5 Å². The summed E-state index contributed by atoms with van der Waals surface area (Å²) in [4.78, 5) is 30.7. The summed E-state index contributed by atoms with van der Waals surface area (Å²) in [6.45, 7) is 1.05. The third-order valence-electron chi connectivity index (χ3n) is 4.80. The Morgan fingerprint density at radius 1 is 1.32 bits per heavy atom. The fourth-order valence-electron chi connectivity index (χ4n) is 3.48. The van der Waals surface area contributed by atoms with Crippen LogP contribution in [0.5, 0.6) is 0 Å². The van der Waals surface area contributed by atoms with Crippen LogP contribution in [0.15, 0.2) is 49.1 Å². The molecule has 0 bridgehead atoms. The third kappa shape index (κ3) is 4.64. The van der Waals surface area contributed by atoms with Crippen molar-refractivity contribution in [2.45, 2.75) is 31.7 Å². The Morgan fingerprint density at radius 3 is 2.82 bits per heavy atom. The Kier molecular flexibility index (Phi) is 6.56. The number of benzene rings is 1. The fraction of sp³-hybridized carbons (Fsp3) is 0.300. The highest BCUT2D eigenvalue weighted by Gasteiger charge is 2.30. The molecule has 0 aliphatic carbocycles. The first-order valence-electron chi connectivity index (χ1n) is 9.13. The lowest BCUT2D eigenvalue weighted by Gasteiger charge is -2.32. The summed E-state index contributed by atoms with van der Waals surface area (Å²) in [5.41, 5.74) is 4.45. The highest BCUT2D eigenvalue weighted by Crippen LogP contribution is 2.31. The fourth-order valence-corrected chi connectivity index (χ4v) is 3.48. The van der Waals surface area contributed by atoms with Crippen LogP contribution < -0.4 is 0 Å². The number of carboxylic acid groups (broad SMARTS) is 1. The summed E-state index contributed by atoms with van der Waals surface area (Å²) in [5.74, 6) is 0.332. The standard InChI is InChI=1S/C19H21N5O.CH2O2/c25-18(8-4-5-14-9-22-23-10-14)24-11-16(15-6-2-1-3-7-15)19-17(12-24)20-13-21-19;2-1-3/h1-3,6-7,9-10,13,16H,4-5,8,11-12H2,(H,20,21)(H,22,23);1H,(H,2,3). The summed E-state index contributed by atoms with van der Waals surface area (Å²) < 4.78 is 0. The van der Waals surface area contributed by atoms with E-state index >= 15 is 0 Å². The van der Waals surface area contributed by atoms with Crippen molar-refractivity contribution in [2.75, 3.05) is 6.54 Å². The number of H-pyrrole nitrogens is 2. The number of aryl methyl sites for hydroxylation is 1. The molecule has 4 rings (SSSR count). The van der Waals surface area contributed by atoms with Crippen LogP contribution in [0.3, 0.4) is 0 Å². The molecule has 1 atom stereocenters. The van der Waals surface area contributed by atoms with Gasteiger partial charge >= 0.3 is 0 Å². The molecule has 3 heterocycles. The molecule has 1 aromatic carbocycles. The van der Waals surface area contributed by atoms with Crippen LogP contribution in [0.1, 0.15) is 41.3 Å². The summed E-state index contributed by atoms with van der Waals surface area (Å²) in [7, 11) is 0. The zero-order chi connectivity index (χ0) is 19.8. The molecule has 3 aromatic rings. The maximum absolute atomic E-state index is 12.7. The van der Waals surface area contributed by atoms with Crippen molar-refractivity contribution < 1.29 is 14.7 Å². The number of rotatable bonds is 5. The Hall–Kier alpha value is -3.42. The molecule has 28 heavy (non-hydrogen) atoms. The lowest BCUT2D eigenvalue weighted by atomic mass is 9.90. The van der Waals surface area contributed by atoms with Crippen LogP contribution in [0.4, 0.5) is 0 Å². The molecule has 8 heteroatoms. The predicted molar refractivity (Wildman–Crippen MR) is 103 cm³/mol. The maximum atomic E-state index is 12.7. The number of carbonyl (C=O) groups excluding carboxylic acids is 1. The van der Waals surface area contributed by atoms with Gasteiger partial charge in [0, 0.05) is 25.1 Å². The van der Waals surface area contributed by atoms with Crippen molar-refractivity contribution in [3.63, 3.8) is 0 Å². The van der Waals surface area contributed by atoms with Crippen LogP contribution in [0, 0.1) is 0 Å². The molecule has 8 nitrogen and oxygen atoms in total. The van der Waals surface area contributed by atoms with Gasteiger partial charge in [0.15, 0.2) is 0 Å². The van der Waals surface area contributed by atoms with E-state index in [9.17, 15) is 4.79 Å². The lowest BCUT2D eigenvalue weighted by Crippen LogP contribution is -2.38. The second kappa shape index (κ2) is 9.50. The zero-order valence-corrected chi connectivity index (χ0v) is 15.4. The van der Waals surface area contributed by atoms with Crippen molar-refractivity contribution in [2.24, 2.45) is 0 Å². The minimum Gasteiger partial charge on any atom is -0.483 e. The molecule has 2 aromatic heterocycles. The average molecular weight is 381 g/mol. The van der Waals surface area contributed by atoms with Crippen LogP contribution in [-0.2, 0) is 22.6 Å². The number of aromatic nitrogens is 4. The van der Waals surface area contributed by atoms with Gasteiger partial charge in [-0.3, -0.25) is 14.7 Å². The number of imidazole rings is 1. The number of hydrogen-bond donors (Lipinski definition) is 3. The number of carbonyl (C=O) groups is 2. The Balaban J connectivity index is 0.000000706. The third-order valence-corrected chi connectivity index (χ3v) is 4.80. The predicted octanol–water partition coefficient (Wildman–Crippen LogP) is 2.33. The van der Waals surface area contributed by atoms with Gasteiger partial charge < -0.3 is 15.0 Å². The summed E-state index contributed by atoms with van der Waals surface area (Å²) in [6, 6.07) is 10.3. The van der Waals surface area contributed by atoms with E-state index in [0.717, 1.165) is 29.8 Å². The van der Waals surface area contributed by atoms with Crippen LogP contribution in [0.2, 0.25) is 0 Å². The number of hydrogen-bond acceptors (Lipinski definition) is 4. The van der Waals surface area contributed by atoms with E-state index in [1.54, 1.807) is 6.33 Å². The molecular weight excluding hydrogens is 358 g/mol. The van der Waals surface area contributed by atoms with E-state index < -0.39 is 0 Å². The van der Waals surface area contributed by atoms with E-state index in [2.05, 4.69) is 32.3 Å². The van der Waals surface area contributed by atoms with Gasteiger partial charge in [0.25, 0.3) is 6.47 Å². The number of aromatic amines is 2. The second-order valence-corrected chi connectivity index (χ2v) is 6.57. The van der Waals surface area contributed by atoms with E-state index in [-0.39, 0.29) is 18.3 Å². The molecule has 146 valence electrons. The van der Waals surface area contributed by atoms with E-state index in [1.165, 1.54) is 5.56 Å². The molecule has 0 saturated carbocycles. The molecule has 3 N–H and O–H groups in total. The minimum absolute atomic E-state index is 0.133. The molecule has 1 unspecified atom stereocenters. The number of nitrogens with one attached hydrogen (secondary N) is 2. The normalized spacial score (nSPS) is 15.3. The van der Waals surface area contributed by atoms with Gasteiger partial charge in [-0.15, -0.1) is 0 Å². The van der Waals surface area contributed by atoms with Crippen LogP contribution >= 0.6 is 0 Å². The first kappa shape index (κ1) is 19.3. The lowest BCUT2D eigenvalue weighted by molar-refractivity contribution is -0.132. The van der Waals surface area contributed by atoms with Crippen molar-refractivity contribution in [1.29, 1.82) is 0 Å². The summed E-state index contributed by atoms with van der Waals surface area (Å²) >= 11 is 0. The van der Waals surface area contributed by atoms with Gasteiger partial charge in [0.05, 0.1) is 30.5 Å². The molecule has 1 amide bonds. The number of amides is 1. The van der Waals surface area contributed by atoms with Crippen molar-refractivity contribution in [3.8, 4) is 0 Å². The van der Waals surface area contributed by atoms with Gasteiger partial charge in [-0.05, 0) is 24.0 Å². The number of fused-ring (bicyclic) bond motifs is 1. The molecular formula is C20H23N5O3. The van der Waals surface area contributed by atoms with Crippen molar-refractivity contribution >= 4 is 12.4 Å². The molecule has 0 saturated heterocycles. The second-order valence-electron chi connectivity index (χ2n) is 6.57. The molecule has 1 aliphatic rings. The smallest absolute Gasteiger partial charge is 0.290 e. The Labute approximate surface area is 162 Å². The summed E-state index contributed by atoms with van der Waals surface area (Å²) in [6.07, 6.45) is 7.68. The van der Waals surface area contributed by atoms with Gasteiger partial charge in [-0.25, -0.2) is 4.98 Å². The molecule has 0 fully saturated rings. The molecule has 1 aliphatic heterocycles. The zero-order valence-electron chi connectivity index (χ0n) is 15.4. The van der Waals surface area contributed by atoms with Crippen LogP contribution in [-0.4, -0.2) is 49.1 Å². The minimum atomic E-state index is -0.250. The van der Waals surface area contributed by atoms with Crippen LogP contribution in [0.25, 0.3) is 0 Å². The van der Waals surface area contributed by atoms with Gasteiger partial charge in [-0.2, -0.15) is 5.10 Å². The largest absolute Gasteiger partial charge is 0.483 e. The topological polar surface area (TPSA) is 115 Å². The monoisotopic (exact) mass is 381 g/mol. The molecule has 0 spiro atoms. The molecule has 0 radical (unpaired) electrons. The summed E-state index contributed by atoms with van der Waals surface area (Å²) in [5, 5.41) is 13.6. The van der Waals surface area contributed by atoms with Crippen molar-refractivity contribution in [3.05, 3.63) is 71.6 Å². The highest BCUT2D eigenvalue weighted by atomic mass is 16.3. The average Bonchev–Trinajstić information content (AvgIpc) is 3.40. The first-order chi connectivity index (χ1) is 13.7. The van der Waals surface area contributed by atoms with E-state index in [4.69, 9.17) is 9.90 Å². The number of nitrogens with zero attached hydrogens (tertiary/aromatic N) is 3.